The highest BCUT2D eigenvalue weighted by molar-refractivity contribution is 5.95. The first kappa shape index (κ1) is 16.3. The molecule has 132 valence electrons. The predicted molar refractivity (Wildman–Crippen MR) is 94.8 cm³/mol. The molecule has 1 amide bonds. The fourth-order valence-corrected chi connectivity index (χ4v) is 4.24. The van der Waals surface area contributed by atoms with Gasteiger partial charge in [-0.2, -0.15) is 0 Å². The van der Waals surface area contributed by atoms with Gasteiger partial charge in [-0.3, -0.25) is 9.69 Å². The Bertz CT molecular complexity index is 755. The van der Waals surface area contributed by atoms with Crippen LogP contribution >= 0.6 is 0 Å². The van der Waals surface area contributed by atoms with Crippen LogP contribution in [0.1, 0.15) is 34.5 Å². The van der Waals surface area contributed by atoms with E-state index in [-0.39, 0.29) is 17.8 Å². The Labute approximate surface area is 147 Å². The molecule has 4 nitrogen and oxygen atoms in total. The van der Waals surface area contributed by atoms with Gasteiger partial charge in [0.25, 0.3) is 5.91 Å². The number of hydrogen-bond donors (Lipinski definition) is 1. The van der Waals surface area contributed by atoms with E-state index in [2.05, 4.69) is 14.8 Å². The Morgan fingerprint density at radius 3 is 2.68 bits per heavy atom. The van der Waals surface area contributed by atoms with Crippen LogP contribution in [-0.2, 0) is 6.54 Å². The van der Waals surface area contributed by atoms with Crippen LogP contribution in [0.4, 0.5) is 4.39 Å². The molecule has 2 bridgehead atoms. The average Bonchev–Trinajstić information content (AvgIpc) is 2.84. The van der Waals surface area contributed by atoms with Crippen molar-refractivity contribution in [3.05, 3.63) is 59.2 Å². The number of H-pyrrole nitrogens is 1. The minimum atomic E-state index is -0.196. The minimum absolute atomic E-state index is 0.150. The quantitative estimate of drug-likeness (QED) is 0.931. The number of piperidine rings is 1. The summed E-state index contributed by atoms with van der Waals surface area (Å²) < 4.78 is 13.1. The first-order valence-corrected chi connectivity index (χ1v) is 9.02. The smallest absolute Gasteiger partial charge is 0.255 e. The monoisotopic (exact) mass is 341 g/mol. The van der Waals surface area contributed by atoms with Crippen LogP contribution in [0.25, 0.3) is 0 Å². The lowest BCUT2D eigenvalue weighted by atomic mass is 9.94. The van der Waals surface area contributed by atoms with E-state index >= 15 is 0 Å². The van der Waals surface area contributed by atoms with Gasteiger partial charge in [-0.25, -0.2) is 4.39 Å². The minimum Gasteiger partial charge on any atom is -0.365 e. The molecule has 25 heavy (non-hydrogen) atoms. The zero-order chi connectivity index (χ0) is 17.4. The van der Waals surface area contributed by atoms with Crippen LogP contribution in [0.5, 0.6) is 0 Å². The van der Waals surface area contributed by atoms with Gasteiger partial charge in [-0.15, -0.1) is 0 Å². The van der Waals surface area contributed by atoms with E-state index in [1.165, 1.54) is 18.6 Å². The normalized spacial score (nSPS) is 23.7. The lowest BCUT2D eigenvalue weighted by Crippen LogP contribution is -2.47. The first-order valence-electron chi connectivity index (χ1n) is 9.02. The number of aromatic amines is 1. The van der Waals surface area contributed by atoms with Crippen molar-refractivity contribution in [1.82, 2.24) is 14.8 Å². The number of amides is 1. The average molecular weight is 341 g/mol. The van der Waals surface area contributed by atoms with Gasteiger partial charge in [0.1, 0.15) is 5.82 Å². The molecule has 1 aromatic carbocycles. The summed E-state index contributed by atoms with van der Waals surface area (Å²) in [4.78, 5) is 20.6. The second-order valence-corrected chi connectivity index (χ2v) is 7.39. The van der Waals surface area contributed by atoms with Crippen molar-refractivity contribution in [2.45, 2.75) is 32.4 Å². The number of halogens is 1. The largest absolute Gasteiger partial charge is 0.365 e. The molecule has 1 N–H and O–H groups in total. The number of nitrogens with zero attached hydrogens (tertiary/aromatic N) is 2. The molecule has 2 atom stereocenters. The van der Waals surface area contributed by atoms with E-state index in [0.717, 1.165) is 49.4 Å². The van der Waals surface area contributed by atoms with Gasteiger partial charge < -0.3 is 9.88 Å². The maximum absolute atomic E-state index is 13.1. The second kappa shape index (κ2) is 6.64. The van der Waals surface area contributed by atoms with Crippen LogP contribution in [0.2, 0.25) is 0 Å². The van der Waals surface area contributed by atoms with E-state index in [1.54, 1.807) is 0 Å². The molecule has 0 spiro atoms. The highest BCUT2D eigenvalue weighted by Gasteiger charge is 2.37. The van der Waals surface area contributed by atoms with Crippen molar-refractivity contribution in [3.63, 3.8) is 0 Å². The van der Waals surface area contributed by atoms with Crippen LogP contribution in [-0.4, -0.2) is 46.4 Å². The highest BCUT2D eigenvalue weighted by Crippen LogP contribution is 2.30. The zero-order valence-electron chi connectivity index (χ0n) is 14.5. The fraction of sp³-hybridized carbons (Fsp3) is 0.450. The molecule has 3 saturated heterocycles. The molecule has 5 rings (SSSR count). The molecule has 3 aliphatic heterocycles. The molecule has 0 saturated carbocycles. The maximum Gasteiger partial charge on any atom is 0.255 e. The summed E-state index contributed by atoms with van der Waals surface area (Å²) in [5, 5.41) is 0. The molecule has 0 unspecified atom stereocenters. The summed E-state index contributed by atoms with van der Waals surface area (Å²) in [6.07, 6.45) is 4.08. The number of fused-ring (bicyclic) bond motifs is 4. The summed E-state index contributed by atoms with van der Waals surface area (Å²) in [7, 11) is 0. The number of carbonyl (C=O) groups excluding carboxylic acids is 1. The van der Waals surface area contributed by atoms with Crippen LogP contribution in [0.3, 0.4) is 0 Å². The number of carbonyl (C=O) groups is 1. The van der Waals surface area contributed by atoms with Gasteiger partial charge in [0.15, 0.2) is 0 Å². The van der Waals surface area contributed by atoms with Crippen molar-refractivity contribution in [1.29, 1.82) is 0 Å². The van der Waals surface area contributed by atoms with Gasteiger partial charge in [-0.05, 0) is 49.4 Å². The lowest BCUT2D eigenvalue weighted by Gasteiger charge is -2.36. The number of aryl methyl sites for hydroxylation is 1. The lowest BCUT2D eigenvalue weighted by molar-refractivity contribution is 0.0584. The second-order valence-electron chi connectivity index (χ2n) is 7.39. The van der Waals surface area contributed by atoms with E-state index in [9.17, 15) is 9.18 Å². The van der Waals surface area contributed by atoms with E-state index in [4.69, 9.17) is 0 Å². The Kier molecular flexibility index (Phi) is 4.34. The molecule has 4 heterocycles. The molecule has 1 aromatic heterocycles. The Balaban J connectivity index is 1.49. The maximum atomic E-state index is 13.1. The molecule has 0 aliphatic carbocycles. The third-order valence-electron chi connectivity index (χ3n) is 5.55. The SMILES string of the molecule is Cc1[nH]ccc1C(=O)N1C[C@H]2CC[C@@H]1CN(Cc1ccc(F)cc1)C2. The Morgan fingerprint density at radius 2 is 1.96 bits per heavy atom. The molecule has 3 aliphatic rings. The standard InChI is InChI=1S/C20H24FN3O/c1-14-19(8-9-22-14)20(25)24-12-16-4-7-18(24)13-23(11-16)10-15-2-5-17(21)6-3-15/h2-3,5-6,8-9,16,18,22H,4,7,10-13H2,1H3/t16-,18+/m0/s1. The van der Waals surface area contributed by atoms with Crippen molar-refractivity contribution < 1.29 is 9.18 Å². The summed E-state index contributed by atoms with van der Waals surface area (Å²) >= 11 is 0. The van der Waals surface area contributed by atoms with Crippen molar-refractivity contribution >= 4 is 5.91 Å². The molecule has 3 fully saturated rings. The number of aromatic nitrogens is 1. The number of benzene rings is 1. The van der Waals surface area contributed by atoms with E-state index < -0.39 is 0 Å². The van der Waals surface area contributed by atoms with Crippen LogP contribution < -0.4 is 0 Å². The van der Waals surface area contributed by atoms with Crippen LogP contribution in [0, 0.1) is 18.7 Å². The molecule has 5 heteroatoms. The van der Waals surface area contributed by atoms with Gasteiger partial charge in [0.05, 0.1) is 5.56 Å². The zero-order valence-corrected chi connectivity index (χ0v) is 14.5. The third-order valence-corrected chi connectivity index (χ3v) is 5.55. The summed E-state index contributed by atoms with van der Waals surface area (Å²) in [6, 6.07) is 8.90. The number of rotatable bonds is 3. The van der Waals surface area contributed by atoms with Crippen LogP contribution in [0.15, 0.2) is 36.5 Å². The number of hydrogen-bond acceptors (Lipinski definition) is 2. The predicted octanol–water partition coefficient (Wildman–Crippen LogP) is 3.20. The van der Waals surface area contributed by atoms with Gasteiger partial charge in [-0.1, -0.05) is 12.1 Å². The molecular formula is C20H24FN3O. The van der Waals surface area contributed by atoms with Crippen molar-refractivity contribution in [3.8, 4) is 0 Å². The van der Waals surface area contributed by atoms with E-state index in [0.29, 0.717) is 5.92 Å². The highest BCUT2D eigenvalue weighted by atomic mass is 19.1. The van der Waals surface area contributed by atoms with Crippen molar-refractivity contribution in [2.24, 2.45) is 5.92 Å². The topological polar surface area (TPSA) is 39.3 Å². The van der Waals surface area contributed by atoms with Gasteiger partial charge in [0, 0.05) is 44.1 Å². The molecular weight excluding hydrogens is 317 g/mol. The van der Waals surface area contributed by atoms with Gasteiger partial charge in [0.2, 0.25) is 0 Å². The fourth-order valence-electron chi connectivity index (χ4n) is 4.24. The van der Waals surface area contributed by atoms with E-state index in [1.807, 2.05) is 31.3 Å². The summed E-state index contributed by atoms with van der Waals surface area (Å²) in [5.74, 6) is 0.470. The van der Waals surface area contributed by atoms with Gasteiger partial charge >= 0.3 is 0 Å². The molecule has 0 radical (unpaired) electrons. The van der Waals surface area contributed by atoms with Crippen molar-refractivity contribution in [2.75, 3.05) is 19.6 Å². The Morgan fingerprint density at radius 1 is 1.16 bits per heavy atom. The summed E-state index contributed by atoms with van der Waals surface area (Å²) in [5.41, 5.74) is 2.85. The molecule has 2 aromatic rings. The summed E-state index contributed by atoms with van der Waals surface area (Å²) in [6.45, 7) is 5.50. The third kappa shape index (κ3) is 3.33. The Hall–Kier alpha value is -2.14. The number of nitrogens with one attached hydrogen (secondary N) is 1. The first-order chi connectivity index (χ1) is 12.1.